The number of halogens is 1. The summed E-state index contributed by atoms with van der Waals surface area (Å²) in [4.78, 5) is 0. The number of hydrogen-bond acceptors (Lipinski definition) is 3. The van der Waals surface area contributed by atoms with Gasteiger partial charge in [-0.25, -0.2) is 4.39 Å². The summed E-state index contributed by atoms with van der Waals surface area (Å²) < 4.78 is 18.4. The summed E-state index contributed by atoms with van der Waals surface area (Å²) in [6.07, 6.45) is 0. The van der Waals surface area contributed by atoms with Gasteiger partial charge in [0.05, 0.1) is 12.2 Å². The van der Waals surface area contributed by atoms with Gasteiger partial charge in [-0.1, -0.05) is 13.8 Å². The van der Waals surface area contributed by atoms with Crippen molar-refractivity contribution >= 4 is 5.69 Å². The Bertz CT molecular complexity index is 399. The molecule has 0 aromatic heterocycles. The van der Waals surface area contributed by atoms with Crippen LogP contribution in [0.5, 0.6) is 0 Å². The fourth-order valence-electron chi connectivity index (χ4n) is 1.31. The van der Waals surface area contributed by atoms with Gasteiger partial charge in [-0.2, -0.15) is 5.26 Å². The molecule has 1 N–H and O–H groups in total. The third-order valence-electron chi connectivity index (χ3n) is 2.11. The average Bonchev–Trinajstić information content (AvgIpc) is 2.30. The molecule has 1 rings (SSSR count). The zero-order chi connectivity index (χ0) is 12.7. The Morgan fingerprint density at radius 3 is 2.88 bits per heavy atom. The number of anilines is 1. The lowest BCUT2D eigenvalue weighted by atomic mass is 10.2. The molecule has 1 aromatic carbocycles. The van der Waals surface area contributed by atoms with E-state index >= 15 is 0 Å². The Balaban J connectivity index is 2.35. The summed E-state index contributed by atoms with van der Waals surface area (Å²) in [6.45, 7) is 6.15. The first-order valence-electron chi connectivity index (χ1n) is 5.64. The molecule has 0 saturated heterocycles. The highest BCUT2D eigenvalue weighted by molar-refractivity contribution is 5.49. The minimum atomic E-state index is -0.492. The van der Waals surface area contributed by atoms with E-state index in [1.807, 2.05) is 0 Å². The predicted molar refractivity (Wildman–Crippen MR) is 65.3 cm³/mol. The molecule has 0 unspecified atom stereocenters. The number of nitrogens with zero attached hydrogens (tertiary/aromatic N) is 1. The summed E-state index contributed by atoms with van der Waals surface area (Å²) in [6, 6.07) is 6.20. The highest BCUT2D eigenvalue weighted by atomic mass is 19.1. The normalized spacial score (nSPS) is 10.3. The van der Waals surface area contributed by atoms with Gasteiger partial charge >= 0.3 is 0 Å². The zero-order valence-electron chi connectivity index (χ0n) is 10.2. The fourth-order valence-corrected chi connectivity index (χ4v) is 1.31. The van der Waals surface area contributed by atoms with Crippen LogP contribution in [0.15, 0.2) is 18.2 Å². The molecule has 4 heteroatoms. The summed E-state index contributed by atoms with van der Waals surface area (Å²) in [5.41, 5.74) is 0.786. The largest absolute Gasteiger partial charge is 0.383 e. The fraction of sp³-hybridized carbons (Fsp3) is 0.462. The van der Waals surface area contributed by atoms with Gasteiger partial charge in [0.15, 0.2) is 0 Å². The van der Waals surface area contributed by atoms with Gasteiger partial charge in [-0.3, -0.25) is 0 Å². The average molecular weight is 236 g/mol. The molecular weight excluding hydrogens is 219 g/mol. The molecule has 17 heavy (non-hydrogen) atoms. The topological polar surface area (TPSA) is 45.0 Å². The molecule has 0 amide bonds. The van der Waals surface area contributed by atoms with Crippen LogP contribution in [-0.4, -0.2) is 19.8 Å². The van der Waals surface area contributed by atoms with Crippen LogP contribution in [0.4, 0.5) is 10.1 Å². The van der Waals surface area contributed by atoms with Gasteiger partial charge in [0.2, 0.25) is 0 Å². The molecule has 0 bridgehead atoms. The molecule has 0 aliphatic heterocycles. The Kier molecular flexibility index (Phi) is 5.44. The Hall–Kier alpha value is -1.60. The highest BCUT2D eigenvalue weighted by Gasteiger charge is 2.02. The first kappa shape index (κ1) is 13.5. The van der Waals surface area contributed by atoms with Crippen molar-refractivity contribution in [2.45, 2.75) is 13.8 Å². The molecule has 0 aliphatic rings. The summed E-state index contributed by atoms with van der Waals surface area (Å²) >= 11 is 0. The van der Waals surface area contributed by atoms with Crippen molar-refractivity contribution in [2.24, 2.45) is 5.92 Å². The van der Waals surface area contributed by atoms with Crippen molar-refractivity contribution in [1.82, 2.24) is 0 Å². The summed E-state index contributed by atoms with van der Waals surface area (Å²) in [7, 11) is 0. The van der Waals surface area contributed by atoms with E-state index in [1.54, 1.807) is 12.1 Å². The molecule has 0 saturated carbocycles. The molecule has 0 aliphatic carbocycles. The van der Waals surface area contributed by atoms with Gasteiger partial charge in [0, 0.05) is 18.8 Å². The van der Waals surface area contributed by atoms with E-state index < -0.39 is 5.82 Å². The maximum Gasteiger partial charge on any atom is 0.141 e. The molecule has 92 valence electrons. The number of nitriles is 1. The number of rotatable bonds is 6. The van der Waals surface area contributed by atoms with Gasteiger partial charge in [0.1, 0.15) is 11.9 Å². The summed E-state index contributed by atoms with van der Waals surface area (Å²) in [5.74, 6) is 0.0279. The smallest absolute Gasteiger partial charge is 0.141 e. The van der Waals surface area contributed by atoms with E-state index in [0.717, 1.165) is 12.3 Å². The zero-order valence-corrected chi connectivity index (χ0v) is 10.2. The lowest BCUT2D eigenvalue weighted by molar-refractivity contribution is 0.118. The molecule has 0 heterocycles. The third-order valence-corrected chi connectivity index (χ3v) is 2.11. The highest BCUT2D eigenvalue weighted by Crippen LogP contribution is 2.13. The Labute approximate surface area is 101 Å². The van der Waals surface area contributed by atoms with Crippen molar-refractivity contribution in [1.29, 1.82) is 5.26 Å². The Morgan fingerprint density at radius 2 is 2.24 bits per heavy atom. The van der Waals surface area contributed by atoms with E-state index in [4.69, 9.17) is 10.00 Å². The maximum absolute atomic E-state index is 13.0. The van der Waals surface area contributed by atoms with Crippen molar-refractivity contribution in [3.63, 3.8) is 0 Å². The van der Waals surface area contributed by atoms with Gasteiger partial charge in [-0.15, -0.1) is 0 Å². The van der Waals surface area contributed by atoms with Gasteiger partial charge < -0.3 is 10.1 Å². The van der Waals surface area contributed by atoms with Crippen LogP contribution in [0.25, 0.3) is 0 Å². The standard InChI is InChI=1S/C13H17FN2O/c1-10(2)9-17-6-5-16-12-3-4-13(14)11(7-12)8-15/h3-4,7,10,16H,5-6,9H2,1-2H3. The van der Waals surface area contributed by atoms with Crippen LogP contribution in [0.2, 0.25) is 0 Å². The second-order valence-electron chi connectivity index (χ2n) is 4.20. The summed E-state index contributed by atoms with van der Waals surface area (Å²) in [5, 5.41) is 11.7. The minimum absolute atomic E-state index is 0.0538. The SMILES string of the molecule is CC(C)COCCNc1ccc(F)c(C#N)c1. The van der Waals surface area contributed by atoms with E-state index in [9.17, 15) is 4.39 Å². The molecular formula is C13H17FN2O. The van der Waals surface area contributed by atoms with Crippen molar-refractivity contribution in [2.75, 3.05) is 25.1 Å². The monoisotopic (exact) mass is 236 g/mol. The van der Waals surface area contributed by atoms with Crippen LogP contribution in [0, 0.1) is 23.1 Å². The number of nitrogens with one attached hydrogen (secondary N) is 1. The molecule has 3 nitrogen and oxygen atoms in total. The van der Waals surface area contributed by atoms with Crippen LogP contribution in [-0.2, 0) is 4.74 Å². The van der Waals surface area contributed by atoms with Crippen LogP contribution in [0.1, 0.15) is 19.4 Å². The number of benzene rings is 1. The van der Waals surface area contributed by atoms with Crippen LogP contribution < -0.4 is 5.32 Å². The molecule has 1 aromatic rings. The van der Waals surface area contributed by atoms with Gasteiger partial charge in [-0.05, 0) is 24.1 Å². The third kappa shape index (κ3) is 4.83. The van der Waals surface area contributed by atoms with Crippen LogP contribution >= 0.6 is 0 Å². The molecule has 0 fully saturated rings. The van der Waals surface area contributed by atoms with E-state index in [-0.39, 0.29) is 5.56 Å². The lowest BCUT2D eigenvalue weighted by Crippen LogP contribution is -2.12. The lowest BCUT2D eigenvalue weighted by Gasteiger charge is -2.09. The molecule has 0 atom stereocenters. The van der Waals surface area contributed by atoms with E-state index in [0.29, 0.717) is 19.1 Å². The first-order chi connectivity index (χ1) is 8.13. The Morgan fingerprint density at radius 1 is 1.47 bits per heavy atom. The van der Waals surface area contributed by atoms with E-state index in [2.05, 4.69) is 19.2 Å². The molecule has 0 radical (unpaired) electrons. The maximum atomic E-state index is 13.0. The number of ether oxygens (including phenoxy) is 1. The van der Waals surface area contributed by atoms with Crippen molar-refractivity contribution in [3.8, 4) is 6.07 Å². The molecule has 0 spiro atoms. The van der Waals surface area contributed by atoms with Crippen molar-refractivity contribution in [3.05, 3.63) is 29.6 Å². The number of hydrogen-bond donors (Lipinski definition) is 1. The predicted octanol–water partition coefficient (Wildman–Crippen LogP) is 2.78. The quantitative estimate of drug-likeness (QED) is 0.772. The van der Waals surface area contributed by atoms with Crippen LogP contribution in [0.3, 0.4) is 0 Å². The second kappa shape index (κ2) is 6.87. The van der Waals surface area contributed by atoms with Crippen molar-refractivity contribution < 1.29 is 9.13 Å². The minimum Gasteiger partial charge on any atom is -0.383 e. The second-order valence-corrected chi connectivity index (χ2v) is 4.20. The van der Waals surface area contributed by atoms with E-state index in [1.165, 1.54) is 12.1 Å². The first-order valence-corrected chi connectivity index (χ1v) is 5.64. The van der Waals surface area contributed by atoms with Gasteiger partial charge in [0.25, 0.3) is 0 Å².